The number of rotatable bonds is 7. The molecule has 0 saturated heterocycles. The smallest absolute Gasteiger partial charge is 0.00966 e. The molecule has 0 amide bonds. The van der Waals surface area contributed by atoms with Crippen LogP contribution in [0.4, 0.5) is 0 Å². The summed E-state index contributed by atoms with van der Waals surface area (Å²) < 4.78 is 0. The molecule has 5 rings (SSSR count). The Morgan fingerprint density at radius 1 is 0.667 bits per heavy atom. The predicted molar refractivity (Wildman–Crippen MR) is 150 cm³/mol. The molecule has 0 N–H and O–H groups in total. The lowest BCUT2D eigenvalue weighted by molar-refractivity contribution is 0.485. The summed E-state index contributed by atoms with van der Waals surface area (Å²) in [5.74, 6) is 0.617. The van der Waals surface area contributed by atoms with E-state index in [-0.39, 0.29) is 7.92 Å². The molecule has 2 fully saturated rings. The molecule has 2 heteroatoms. The summed E-state index contributed by atoms with van der Waals surface area (Å²) in [4.78, 5) is 0. The molecular weight excluding hydrogens is 434 g/mol. The Morgan fingerprint density at radius 3 is 1.64 bits per heavy atom. The molecule has 3 aliphatic carbocycles. The third kappa shape index (κ3) is 5.39. The van der Waals surface area contributed by atoms with Gasteiger partial charge in [0.1, 0.15) is 0 Å². The first-order chi connectivity index (χ1) is 16.3. The summed E-state index contributed by atoms with van der Waals surface area (Å²) in [7, 11) is -0.415. The number of hydrogen-bond donors (Lipinski definition) is 0. The van der Waals surface area contributed by atoms with E-state index in [1.807, 2.05) is 5.31 Å². The Bertz CT molecular complexity index is 862. The van der Waals surface area contributed by atoms with Crippen molar-refractivity contribution < 1.29 is 0 Å². The Kier molecular flexibility index (Phi) is 8.18. The molecule has 0 spiro atoms. The highest BCUT2D eigenvalue weighted by Gasteiger charge is 2.39. The average Bonchev–Trinajstić information content (AvgIpc) is 3.36. The van der Waals surface area contributed by atoms with E-state index in [2.05, 4.69) is 85.8 Å². The van der Waals surface area contributed by atoms with E-state index in [1.54, 1.807) is 0 Å². The fraction of sp³-hybridized carbons (Fsp3) is 0.484. The normalized spacial score (nSPS) is 23.2. The maximum Gasteiger partial charge on any atom is 0.00966 e. The van der Waals surface area contributed by atoms with Gasteiger partial charge in [0.2, 0.25) is 0 Å². The minimum Gasteiger partial charge on any atom is -0.0763 e. The summed E-state index contributed by atoms with van der Waals surface area (Å²) in [6.07, 6.45) is 22.4. The van der Waals surface area contributed by atoms with E-state index >= 15 is 0 Å². The maximum absolute atomic E-state index is 2.60. The van der Waals surface area contributed by atoms with Crippen LogP contribution in [0.5, 0.6) is 0 Å². The average molecular weight is 475 g/mol. The van der Waals surface area contributed by atoms with Gasteiger partial charge < -0.3 is 0 Å². The third-order valence-corrected chi connectivity index (χ3v) is 14.7. The van der Waals surface area contributed by atoms with E-state index in [0.29, 0.717) is 11.6 Å². The second-order valence-electron chi connectivity index (χ2n) is 10.3. The third-order valence-electron chi connectivity index (χ3n) is 8.16. The van der Waals surface area contributed by atoms with Crippen LogP contribution in [0.1, 0.15) is 71.1 Å². The zero-order valence-electron chi connectivity index (χ0n) is 20.3. The molecule has 0 aliphatic heterocycles. The second-order valence-corrected chi connectivity index (χ2v) is 15.7. The van der Waals surface area contributed by atoms with Gasteiger partial charge >= 0.3 is 0 Å². The van der Waals surface area contributed by atoms with E-state index in [4.69, 9.17) is 0 Å². The van der Waals surface area contributed by atoms with Crippen LogP contribution in [-0.4, -0.2) is 17.0 Å². The minimum atomic E-state index is -0.391. The van der Waals surface area contributed by atoms with Crippen molar-refractivity contribution in [3.8, 4) is 0 Å². The first kappa shape index (κ1) is 23.5. The Hall–Kier alpha value is -1.22. The minimum absolute atomic E-state index is 0.0235. The molecule has 0 nitrogen and oxygen atoms in total. The van der Waals surface area contributed by atoms with Crippen LogP contribution >= 0.6 is 15.8 Å². The summed E-state index contributed by atoms with van der Waals surface area (Å²) in [5, 5.41) is 4.94. The van der Waals surface area contributed by atoms with Gasteiger partial charge in [-0.25, -0.2) is 0 Å². The van der Waals surface area contributed by atoms with Gasteiger partial charge in [-0.15, -0.1) is 0 Å². The fourth-order valence-corrected chi connectivity index (χ4v) is 13.7. The van der Waals surface area contributed by atoms with Crippen LogP contribution in [-0.2, 0) is 0 Å². The largest absolute Gasteiger partial charge is 0.0763 e. The van der Waals surface area contributed by atoms with E-state index in [0.717, 1.165) is 11.3 Å². The van der Waals surface area contributed by atoms with Crippen molar-refractivity contribution in [2.45, 2.75) is 88.1 Å². The maximum atomic E-state index is 2.60. The Labute approximate surface area is 204 Å². The molecule has 0 unspecified atom stereocenters. The highest BCUT2D eigenvalue weighted by Crippen LogP contribution is 2.65. The lowest BCUT2D eigenvalue weighted by atomic mass is 9.99. The summed E-state index contributed by atoms with van der Waals surface area (Å²) in [5.41, 5.74) is 2.60. The van der Waals surface area contributed by atoms with Crippen LogP contribution in [0.25, 0.3) is 0 Å². The van der Waals surface area contributed by atoms with Crippen molar-refractivity contribution in [2.75, 3.05) is 0 Å². The van der Waals surface area contributed by atoms with Crippen molar-refractivity contribution in [1.82, 2.24) is 0 Å². The van der Waals surface area contributed by atoms with Gasteiger partial charge in [0.15, 0.2) is 0 Å². The van der Waals surface area contributed by atoms with Crippen LogP contribution in [0.15, 0.2) is 84.2 Å². The molecule has 2 aromatic carbocycles. The standard InChI is InChI=1S/C31H40P2/c1-25(32(26-15-6-2-7-16-26)27-17-8-3-9-18-27)30-23-14-24-31(30)33(28-19-10-4-11-20-28)29-21-12-5-13-22-29/h2-3,6-9,14-18,23-25,28-30H,4-5,10-13,19-22H2,1H3/t25-,30+/m1/s1. The van der Waals surface area contributed by atoms with Crippen molar-refractivity contribution in [3.63, 3.8) is 0 Å². The van der Waals surface area contributed by atoms with Gasteiger partial charge in [0.05, 0.1) is 0 Å². The first-order valence-corrected chi connectivity index (χ1v) is 16.3. The fourth-order valence-electron chi connectivity index (χ4n) is 6.55. The predicted octanol–water partition coefficient (Wildman–Crippen LogP) is 8.73. The highest BCUT2D eigenvalue weighted by molar-refractivity contribution is 7.73. The van der Waals surface area contributed by atoms with Crippen LogP contribution in [0.2, 0.25) is 0 Å². The summed E-state index contributed by atoms with van der Waals surface area (Å²) in [6, 6.07) is 22.8. The molecule has 0 aromatic heterocycles. The summed E-state index contributed by atoms with van der Waals surface area (Å²) >= 11 is 0. The van der Waals surface area contributed by atoms with Crippen molar-refractivity contribution in [2.24, 2.45) is 5.92 Å². The lowest BCUT2D eigenvalue weighted by Gasteiger charge is -2.43. The van der Waals surface area contributed by atoms with Gasteiger partial charge in [-0.05, 0) is 66.5 Å². The van der Waals surface area contributed by atoms with Gasteiger partial charge in [0.25, 0.3) is 0 Å². The van der Waals surface area contributed by atoms with Gasteiger partial charge in [-0.2, -0.15) is 0 Å². The van der Waals surface area contributed by atoms with Gasteiger partial charge in [-0.1, -0.05) is 132 Å². The number of benzene rings is 2. The molecule has 0 radical (unpaired) electrons. The zero-order valence-corrected chi connectivity index (χ0v) is 22.1. The van der Waals surface area contributed by atoms with E-state index < -0.39 is 7.92 Å². The first-order valence-electron chi connectivity index (χ1n) is 13.4. The lowest BCUT2D eigenvalue weighted by Crippen LogP contribution is -2.28. The summed E-state index contributed by atoms with van der Waals surface area (Å²) in [6.45, 7) is 2.56. The monoisotopic (exact) mass is 474 g/mol. The molecule has 0 heterocycles. The molecule has 33 heavy (non-hydrogen) atoms. The van der Waals surface area contributed by atoms with Crippen molar-refractivity contribution >= 4 is 26.5 Å². The highest BCUT2D eigenvalue weighted by atomic mass is 31.1. The molecule has 2 atom stereocenters. The van der Waals surface area contributed by atoms with E-state index in [1.165, 1.54) is 74.8 Å². The van der Waals surface area contributed by atoms with Crippen LogP contribution < -0.4 is 10.6 Å². The molecule has 174 valence electrons. The molecule has 2 aromatic rings. The van der Waals surface area contributed by atoms with Gasteiger partial charge in [0, 0.05) is 5.92 Å². The zero-order chi connectivity index (χ0) is 22.5. The second kappa shape index (κ2) is 11.5. The van der Waals surface area contributed by atoms with Crippen molar-refractivity contribution in [3.05, 3.63) is 84.2 Å². The van der Waals surface area contributed by atoms with Crippen LogP contribution in [0.3, 0.4) is 0 Å². The SMILES string of the molecule is C[C@H]([C@@H]1C=CC=C1P(C1CCCCC1)C1CCCCC1)P(c1ccccc1)c1ccccc1. The quantitative estimate of drug-likeness (QED) is 0.352. The topological polar surface area (TPSA) is 0 Å². The Balaban J connectivity index is 1.47. The molecular formula is C31H40P2. The number of hydrogen-bond acceptors (Lipinski definition) is 0. The van der Waals surface area contributed by atoms with E-state index in [9.17, 15) is 0 Å². The van der Waals surface area contributed by atoms with Crippen LogP contribution in [0, 0.1) is 5.92 Å². The molecule has 0 bridgehead atoms. The van der Waals surface area contributed by atoms with Gasteiger partial charge in [-0.3, -0.25) is 0 Å². The molecule has 3 aliphatic rings. The Morgan fingerprint density at radius 2 is 1.15 bits per heavy atom. The number of allylic oxidation sites excluding steroid dienone is 4. The molecule has 2 saturated carbocycles. The van der Waals surface area contributed by atoms with Crippen molar-refractivity contribution in [1.29, 1.82) is 0 Å².